The summed E-state index contributed by atoms with van der Waals surface area (Å²) in [6.07, 6.45) is 7.08. The maximum atomic E-state index is 9.18. The molecule has 1 aliphatic carbocycles. The van der Waals surface area contributed by atoms with Crippen molar-refractivity contribution in [1.29, 1.82) is 0 Å². The van der Waals surface area contributed by atoms with Crippen molar-refractivity contribution < 1.29 is 9.84 Å². The molecule has 0 bridgehead atoms. The third-order valence-corrected chi connectivity index (χ3v) is 3.17. The molecule has 0 aromatic rings. The first kappa shape index (κ1) is 11.0. The molecule has 0 heterocycles. The maximum Gasteiger partial charge on any atom is 0.0488 e. The number of hydrogen-bond acceptors (Lipinski definition) is 2. The van der Waals surface area contributed by atoms with E-state index < -0.39 is 0 Å². The third-order valence-electron chi connectivity index (χ3n) is 3.17. The number of ether oxygens (including phenoxy) is 1. The lowest BCUT2D eigenvalue weighted by Crippen LogP contribution is -2.34. The molecule has 1 aliphatic rings. The molecule has 1 fully saturated rings. The van der Waals surface area contributed by atoms with Crippen LogP contribution in [0.1, 0.15) is 45.4 Å². The Labute approximate surface area is 81.3 Å². The van der Waals surface area contributed by atoms with Gasteiger partial charge in [0.15, 0.2) is 0 Å². The summed E-state index contributed by atoms with van der Waals surface area (Å²) in [6.45, 7) is 4.24. The van der Waals surface area contributed by atoms with Gasteiger partial charge in [0.2, 0.25) is 0 Å². The summed E-state index contributed by atoms with van der Waals surface area (Å²) < 4.78 is 5.50. The minimum atomic E-state index is 0.242. The van der Waals surface area contributed by atoms with Crippen molar-refractivity contribution in [3.63, 3.8) is 0 Å². The number of rotatable bonds is 7. The highest BCUT2D eigenvalue weighted by Gasteiger charge is 2.35. The van der Waals surface area contributed by atoms with E-state index in [1.807, 2.05) is 0 Å². The molecule has 78 valence electrons. The Hall–Kier alpha value is -0.0800. The normalized spacial score (nSPS) is 19.8. The van der Waals surface area contributed by atoms with Crippen molar-refractivity contribution in [2.24, 2.45) is 5.41 Å². The molecule has 0 amide bonds. The Morgan fingerprint density at radius 2 is 2.08 bits per heavy atom. The van der Waals surface area contributed by atoms with Gasteiger partial charge in [0, 0.05) is 19.8 Å². The largest absolute Gasteiger partial charge is 0.396 e. The minimum absolute atomic E-state index is 0.242. The average Bonchev–Trinajstić information content (AvgIpc) is 2.09. The highest BCUT2D eigenvalue weighted by atomic mass is 16.5. The summed E-state index contributed by atoms with van der Waals surface area (Å²) in [7, 11) is 0. The van der Waals surface area contributed by atoms with Crippen molar-refractivity contribution in [2.45, 2.75) is 45.4 Å². The van der Waals surface area contributed by atoms with Crippen LogP contribution in [0.3, 0.4) is 0 Å². The van der Waals surface area contributed by atoms with Crippen molar-refractivity contribution in [3.8, 4) is 0 Å². The van der Waals surface area contributed by atoms with E-state index in [1.54, 1.807) is 0 Å². The summed E-state index contributed by atoms with van der Waals surface area (Å²) in [5, 5.41) is 9.18. The van der Waals surface area contributed by atoms with Gasteiger partial charge in [-0.25, -0.2) is 0 Å². The molecule has 0 unspecified atom stereocenters. The van der Waals surface area contributed by atoms with Crippen LogP contribution in [-0.2, 0) is 4.74 Å². The molecule has 0 atom stereocenters. The van der Waals surface area contributed by atoms with Crippen LogP contribution in [0.5, 0.6) is 0 Å². The van der Waals surface area contributed by atoms with Gasteiger partial charge < -0.3 is 9.84 Å². The molecule has 0 spiro atoms. The molecular formula is C11H22O2. The van der Waals surface area contributed by atoms with E-state index in [9.17, 15) is 5.11 Å². The van der Waals surface area contributed by atoms with Crippen molar-refractivity contribution in [3.05, 3.63) is 0 Å². The number of unbranched alkanes of at least 4 members (excludes halogenated alkanes) is 1. The fraction of sp³-hybridized carbons (Fsp3) is 1.00. The van der Waals surface area contributed by atoms with Gasteiger partial charge in [-0.15, -0.1) is 0 Å². The van der Waals surface area contributed by atoms with Crippen LogP contribution in [0.2, 0.25) is 0 Å². The summed E-state index contributed by atoms with van der Waals surface area (Å²) in [5.74, 6) is 0. The molecule has 0 aromatic heterocycles. The predicted molar refractivity (Wildman–Crippen MR) is 53.7 cm³/mol. The second kappa shape index (κ2) is 5.61. The predicted octanol–water partition coefficient (Wildman–Crippen LogP) is 2.36. The Morgan fingerprint density at radius 3 is 2.54 bits per heavy atom. The van der Waals surface area contributed by atoms with Crippen LogP contribution in [0.25, 0.3) is 0 Å². The third kappa shape index (κ3) is 3.28. The van der Waals surface area contributed by atoms with E-state index in [-0.39, 0.29) is 5.41 Å². The molecule has 1 saturated carbocycles. The van der Waals surface area contributed by atoms with Gasteiger partial charge in [0.1, 0.15) is 0 Å². The van der Waals surface area contributed by atoms with Crippen molar-refractivity contribution >= 4 is 0 Å². The molecule has 2 nitrogen and oxygen atoms in total. The zero-order valence-electron chi connectivity index (χ0n) is 8.72. The molecule has 1 N–H and O–H groups in total. The van der Waals surface area contributed by atoms with Crippen molar-refractivity contribution in [2.75, 3.05) is 19.8 Å². The standard InChI is InChI=1S/C11H22O2/c1-2-3-8-13-9-7-11(10-12)5-4-6-11/h12H,2-10H2,1H3. The van der Waals surface area contributed by atoms with E-state index in [4.69, 9.17) is 4.74 Å². The quantitative estimate of drug-likeness (QED) is 0.618. The SMILES string of the molecule is CCCCOCCC1(CO)CCC1. The molecular weight excluding hydrogens is 164 g/mol. The van der Waals surface area contributed by atoms with Crippen LogP contribution in [-0.4, -0.2) is 24.9 Å². The first-order valence-corrected chi connectivity index (χ1v) is 5.51. The van der Waals surface area contributed by atoms with Gasteiger partial charge in [-0.05, 0) is 31.1 Å². The van der Waals surface area contributed by atoms with E-state index in [1.165, 1.54) is 25.7 Å². The molecule has 0 aromatic carbocycles. The monoisotopic (exact) mass is 186 g/mol. The number of hydrogen-bond donors (Lipinski definition) is 1. The molecule has 13 heavy (non-hydrogen) atoms. The second-order valence-corrected chi connectivity index (χ2v) is 4.23. The van der Waals surface area contributed by atoms with Crippen LogP contribution >= 0.6 is 0 Å². The highest BCUT2D eigenvalue weighted by Crippen LogP contribution is 2.43. The zero-order valence-corrected chi connectivity index (χ0v) is 8.72. The Kier molecular flexibility index (Phi) is 4.74. The fourth-order valence-electron chi connectivity index (χ4n) is 1.80. The molecule has 0 aliphatic heterocycles. The Balaban J connectivity index is 1.98. The van der Waals surface area contributed by atoms with Gasteiger partial charge in [0.05, 0.1) is 0 Å². The van der Waals surface area contributed by atoms with Gasteiger partial charge in [0.25, 0.3) is 0 Å². The van der Waals surface area contributed by atoms with E-state index in [0.717, 1.165) is 26.1 Å². The summed E-state index contributed by atoms with van der Waals surface area (Å²) in [6, 6.07) is 0. The number of aliphatic hydroxyl groups is 1. The van der Waals surface area contributed by atoms with Gasteiger partial charge in [-0.2, -0.15) is 0 Å². The van der Waals surface area contributed by atoms with E-state index >= 15 is 0 Å². The molecule has 0 radical (unpaired) electrons. The summed E-state index contributed by atoms with van der Waals surface area (Å²) >= 11 is 0. The first-order valence-electron chi connectivity index (χ1n) is 5.51. The topological polar surface area (TPSA) is 29.5 Å². The van der Waals surface area contributed by atoms with E-state index in [2.05, 4.69) is 6.92 Å². The lowest BCUT2D eigenvalue weighted by atomic mass is 9.67. The molecule has 0 saturated heterocycles. The Morgan fingerprint density at radius 1 is 1.31 bits per heavy atom. The highest BCUT2D eigenvalue weighted by molar-refractivity contribution is 4.86. The van der Waals surface area contributed by atoms with E-state index in [0.29, 0.717) is 6.61 Å². The van der Waals surface area contributed by atoms with Gasteiger partial charge >= 0.3 is 0 Å². The van der Waals surface area contributed by atoms with Gasteiger partial charge in [-0.3, -0.25) is 0 Å². The van der Waals surface area contributed by atoms with Crippen LogP contribution in [0, 0.1) is 5.41 Å². The maximum absolute atomic E-state index is 9.18. The van der Waals surface area contributed by atoms with Crippen LogP contribution in [0.4, 0.5) is 0 Å². The zero-order chi connectivity index (χ0) is 9.57. The summed E-state index contributed by atoms with van der Waals surface area (Å²) in [5.41, 5.74) is 0.242. The minimum Gasteiger partial charge on any atom is -0.396 e. The van der Waals surface area contributed by atoms with Crippen LogP contribution < -0.4 is 0 Å². The summed E-state index contributed by atoms with van der Waals surface area (Å²) in [4.78, 5) is 0. The molecule has 1 rings (SSSR count). The van der Waals surface area contributed by atoms with Crippen molar-refractivity contribution in [1.82, 2.24) is 0 Å². The average molecular weight is 186 g/mol. The Bertz CT molecular complexity index is 125. The first-order chi connectivity index (χ1) is 6.33. The lowest BCUT2D eigenvalue weighted by molar-refractivity contribution is 0.00334. The second-order valence-electron chi connectivity index (χ2n) is 4.23. The number of aliphatic hydroxyl groups excluding tert-OH is 1. The van der Waals surface area contributed by atoms with Gasteiger partial charge in [-0.1, -0.05) is 19.8 Å². The fourth-order valence-corrected chi connectivity index (χ4v) is 1.80. The lowest BCUT2D eigenvalue weighted by Gasteiger charge is -2.40. The molecule has 2 heteroatoms. The smallest absolute Gasteiger partial charge is 0.0488 e. The van der Waals surface area contributed by atoms with Crippen LogP contribution in [0.15, 0.2) is 0 Å².